The Hall–Kier alpha value is -2.39. The van der Waals surface area contributed by atoms with Crippen LogP contribution in [0.15, 0.2) is 76.5 Å². The molecular formula is C22H21NOS. The summed E-state index contributed by atoms with van der Waals surface area (Å²) in [5, 5.41) is 3.57. The summed E-state index contributed by atoms with van der Waals surface area (Å²) in [5.74, 6) is 1.27. The zero-order valence-electron chi connectivity index (χ0n) is 14.5. The molecule has 0 spiro atoms. The zero-order valence-corrected chi connectivity index (χ0v) is 15.3. The van der Waals surface area contributed by atoms with Gasteiger partial charge in [-0.15, -0.1) is 0 Å². The number of benzene rings is 3. The predicted octanol–water partition coefficient (Wildman–Crippen LogP) is 6.45. The molecular weight excluding hydrogens is 326 g/mol. The van der Waals surface area contributed by atoms with Crippen molar-refractivity contribution in [2.45, 2.75) is 29.6 Å². The molecule has 1 aliphatic heterocycles. The second-order valence-corrected chi connectivity index (χ2v) is 7.29. The van der Waals surface area contributed by atoms with Crippen LogP contribution in [-0.4, -0.2) is 6.61 Å². The van der Waals surface area contributed by atoms with Crippen molar-refractivity contribution < 1.29 is 4.74 Å². The lowest BCUT2D eigenvalue weighted by Gasteiger charge is -2.22. The smallest absolute Gasteiger partial charge is 0.119 e. The number of anilines is 2. The molecule has 2 nitrogen and oxygen atoms in total. The molecule has 1 N–H and O–H groups in total. The van der Waals surface area contributed by atoms with Gasteiger partial charge in [-0.1, -0.05) is 49.0 Å². The molecule has 3 aromatic rings. The van der Waals surface area contributed by atoms with Crippen molar-refractivity contribution in [1.82, 2.24) is 0 Å². The van der Waals surface area contributed by atoms with E-state index < -0.39 is 0 Å². The van der Waals surface area contributed by atoms with Gasteiger partial charge in [-0.05, 0) is 54.4 Å². The molecule has 0 aliphatic carbocycles. The summed E-state index contributed by atoms with van der Waals surface area (Å²) in [5.41, 5.74) is 4.99. The van der Waals surface area contributed by atoms with E-state index in [4.69, 9.17) is 4.74 Å². The van der Waals surface area contributed by atoms with Gasteiger partial charge >= 0.3 is 0 Å². The molecule has 0 amide bonds. The first kappa shape index (κ1) is 16.1. The number of ether oxygens (including phenoxy) is 1. The Morgan fingerprint density at radius 1 is 0.880 bits per heavy atom. The second kappa shape index (κ2) is 6.85. The van der Waals surface area contributed by atoms with Crippen molar-refractivity contribution >= 4 is 23.1 Å². The van der Waals surface area contributed by atoms with Gasteiger partial charge in [-0.3, -0.25) is 0 Å². The fourth-order valence-corrected chi connectivity index (χ4v) is 4.11. The van der Waals surface area contributed by atoms with Crippen molar-refractivity contribution in [2.24, 2.45) is 0 Å². The highest BCUT2D eigenvalue weighted by molar-refractivity contribution is 7.99. The number of hydrogen-bond donors (Lipinski definition) is 1. The SMILES string of the molecule is CCOc1ccc(C(C)c2ccc3c(c2)Nc2ccccc2S3)cc1. The van der Waals surface area contributed by atoms with Crippen LogP contribution >= 0.6 is 11.8 Å². The minimum absolute atomic E-state index is 0.338. The molecule has 3 aromatic carbocycles. The average molecular weight is 347 g/mol. The number of fused-ring (bicyclic) bond motifs is 2. The van der Waals surface area contributed by atoms with Crippen LogP contribution in [0.2, 0.25) is 0 Å². The minimum Gasteiger partial charge on any atom is -0.494 e. The molecule has 0 aromatic heterocycles. The van der Waals surface area contributed by atoms with Crippen molar-refractivity contribution in [1.29, 1.82) is 0 Å². The van der Waals surface area contributed by atoms with E-state index in [1.807, 2.05) is 18.7 Å². The van der Waals surface area contributed by atoms with Crippen LogP contribution in [0.25, 0.3) is 0 Å². The Morgan fingerprint density at radius 2 is 1.60 bits per heavy atom. The van der Waals surface area contributed by atoms with Gasteiger partial charge in [0.15, 0.2) is 0 Å². The van der Waals surface area contributed by atoms with E-state index in [0.717, 1.165) is 5.75 Å². The van der Waals surface area contributed by atoms with E-state index in [2.05, 4.69) is 79.0 Å². The molecule has 0 saturated carbocycles. The van der Waals surface area contributed by atoms with Crippen LogP contribution < -0.4 is 10.1 Å². The Balaban J connectivity index is 1.60. The molecule has 25 heavy (non-hydrogen) atoms. The minimum atomic E-state index is 0.338. The third-order valence-electron chi connectivity index (χ3n) is 4.57. The maximum Gasteiger partial charge on any atom is 0.119 e. The van der Waals surface area contributed by atoms with Gasteiger partial charge in [0.1, 0.15) is 5.75 Å². The third-order valence-corrected chi connectivity index (χ3v) is 5.72. The average Bonchev–Trinajstić information content (AvgIpc) is 2.66. The van der Waals surface area contributed by atoms with Gasteiger partial charge in [0, 0.05) is 15.7 Å². The third kappa shape index (κ3) is 3.24. The predicted molar refractivity (Wildman–Crippen MR) is 105 cm³/mol. The van der Waals surface area contributed by atoms with Crippen molar-refractivity contribution in [3.05, 3.63) is 77.9 Å². The summed E-state index contributed by atoms with van der Waals surface area (Å²) in [6.07, 6.45) is 0. The number of rotatable bonds is 4. The first-order valence-electron chi connectivity index (χ1n) is 8.65. The maximum absolute atomic E-state index is 5.54. The first-order valence-corrected chi connectivity index (χ1v) is 9.47. The monoisotopic (exact) mass is 347 g/mol. The van der Waals surface area contributed by atoms with Crippen molar-refractivity contribution in [3.8, 4) is 5.75 Å². The lowest BCUT2D eigenvalue weighted by molar-refractivity contribution is 0.340. The van der Waals surface area contributed by atoms with Gasteiger partial charge in [0.25, 0.3) is 0 Å². The topological polar surface area (TPSA) is 21.3 Å². The van der Waals surface area contributed by atoms with Crippen LogP contribution in [0.3, 0.4) is 0 Å². The standard InChI is InChI=1S/C22H21NOS/c1-3-24-18-11-8-16(9-12-18)15(2)17-10-13-22-20(14-17)23-19-6-4-5-7-21(19)25-22/h4-15,23H,3H2,1-2H3. The molecule has 0 bridgehead atoms. The van der Waals surface area contributed by atoms with Crippen molar-refractivity contribution in [3.63, 3.8) is 0 Å². The number of para-hydroxylation sites is 1. The Bertz CT molecular complexity index is 889. The highest BCUT2D eigenvalue weighted by Crippen LogP contribution is 2.45. The van der Waals surface area contributed by atoms with E-state index >= 15 is 0 Å². The molecule has 4 rings (SSSR count). The second-order valence-electron chi connectivity index (χ2n) is 6.20. The van der Waals surface area contributed by atoms with Gasteiger partial charge in [-0.25, -0.2) is 0 Å². The summed E-state index contributed by atoms with van der Waals surface area (Å²) in [6.45, 7) is 4.96. The number of nitrogens with one attached hydrogen (secondary N) is 1. The highest BCUT2D eigenvalue weighted by Gasteiger charge is 2.17. The van der Waals surface area contributed by atoms with Crippen molar-refractivity contribution in [2.75, 3.05) is 11.9 Å². The van der Waals surface area contributed by atoms with Gasteiger partial charge in [0.05, 0.1) is 18.0 Å². The molecule has 1 atom stereocenters. The van der Waals surface area contributed by atoms with Gasteiger partial charge < -0.3 is 10.1 Å². The molecule has 1 heterocycles. The lowest BCUT2D eigenvalue weighted by atomic mass is 9.93. The largest absolute Gasteiger partial charge is 0.494 e. The molecule has 0 saturated heterocycles. The molecule has 126 valence electrons. The fourth-order valence-electron chi connectivity index (χ4n) is 3.14. The van der Waals surface area contributed by atoms with Crippen LogP contribution in [-0.2, 0) is 0 Å². The zero-order chi connectivity index (χ0) is 17.2. The molecule has 1 unspecified atom stereocenters. The summed E-state index contributed by atoms with van der Waals surface area (Å²) >= 11 is 1.83. The Kier molecular flexibility index (Phi) is 4.41. The van der Waals surface area contributed by atoms with E-state index in [-0.39, 0.29) is 0 Å². The van der Waals surface area contributed by atoms with Crippen LogP contribution in [0, 0.1) is 0 Å². The van der Waals surface area contributed by atoms with Crippen LogP contribution in [0.1, 0.15) is 30.9 Å². The fraction of sp³-hybridized carbons (Fsp3) is 0.182. The Labute approximate surface area is 153 Å². The molecule has 0 radical (unpaired) electrons. The van der Waals surface area contributed by atoms with Gasteiger partial charge in [0.2, 0.25) is 0 Å². The summed E-state index contributed by atoms with van der Waals surface area (Å²) in [7, 11) is 0. The van der Waals surface area contributed by atoms with Gasteiger partial charge in [-0.2, -0.15) is 0 Å². The normalized spacial score (nSPS) is 13.4. The van der Waals surface area contributed by atoms with E-state index in [0.29, 0.717) is 12.5 Å². The van der Waals surface area contributed by atoms with E-state index in [1.54, 1.807) is 0 Å². The maximum atomic E-state index is 5.54. The first-order chi connectivity index (χ1) is 12.2. The summed E-state index contributed by atoms with van der Waals surface area (Å²) < 4.78 is 5.54. The summed E-state index contributed by atoms with van der Waals surface area (Å²) in [4.78, 5) is 2.56. The van der Waals surface area contributed by atoms with Crippen LogP contribution in [0.5, 0.6) is 5.75 Å². The van der Waals surface area contributed by atoms with E-state index in [9.17, 15) is 0 Å². The summed E-state index contributed by atoms with van der Waals surface area (Å²) in [6, 6.07) is 23.6. The molecule has 3 heteroatoms. The van der Waals surface area contributed by atoms with Crippen LogP contribution in [0.4, 0.5) is 11.4 Å². The Morgan fingerprint density at radius 3 is 2.40 bits per heavy atom. The lowest BCUT2D eigenvalue weighted by Crippen LogP contribution is -2.02. The quantitative estimate of drug-likeness (QED) is 0.458. The van der Waals surface area contributed by atoms with E-state index in [1.165, 1.54) is 32.3 Å². The highest BCUT2D eigenvalue weighted by atomic mass is 32.2. The molecule has 0 fully saturated rings. The molecule has 1 aliphatic rings. The number of hydrogen-bond acceptors (Lipinski definition) is 3.